The molecule has 0 radical (unpaired) electrons. The van der Waals surface area contributed by atoms with Crippen molar-refractivity contribution in [2.75, 3.05) is 26.7 Å². The van der Waals surface area contributed by atoms with E-state index in [1.54, 1.807) is 12.1 Å². The van der Waals surface area contributed by atoms with E-state index in [0.717, 1.165) is 19.4 Å². The van der Waals surface area contributed by atoms with E-state index >= 15 is 0 Å². The molecular formula is C16H25FN2O2. The van der Waals surface area contributed by atoms with E-state index in [-0.39, 0.29) is 12.4 Å². The van der Waals surface area contributed by atoms with Crippen LogP contribution in [0.4, 0.5) is 4.39 Å². The van der Waals surface area contributed by atoms with Crippen molar-refractivity contribution in [3.05, 3.63) is 30.1 Å². The number of hydrogen-bond acceptors (Lipinski definition) is 4. The summed E-state index contributed by atoms with van der Waals surface area (Å²) in [6, 6.07) is 6.85. The van der Waals surface area contributed by atoms with Crippen molar-refractivity contribution >= 4 is 0 Å². The second kappa shape index (κ2) is 7.73. The average molecular weight is 296 g/mol. The highest BCUT2D eigenvalue weighted by Gasteiger charge is 2.22. The summed E-state index contributed by atoms with van der Waals surface area (Å²) in [6.07, 6.45) is 1.64. The second-order valence-corrected chi connectivity index (χ2v) is 5.88. The zero-order valence-corrected chi connectivity index (χ0v) is 12.8. The highest BCUT2D eigenvalue weighted by Crippen LogP contribution is 2.15. The first-order valence-electron chi connectivity index (χ1n) is 7.54. The lowest BCUT2D eigenvalue weighted by Crippen LogP contribution is -2.47. The molecule has 0 amide bonds. The van der Waals surface area contributed by atoms with Gasteiger partial charge in [-0.2, -0.15) is 0 Å². The molecule has 0 saturated carbocycles. The first-order chi connectivity index (χ1) is 10.0. The molecule has 1 aromatic rings. The van der Waals surface area contributed by atoms with Crippen molar-refractivity contribution < 1.29 is 14.2 Å². The Bertz CT molecular complexity index is 427. The van der Waals surface area contributed by atoms with Crippen molar-refractivity contribution in [1.82, 2.24) is 10.2 Å². The van der Waals surface area contributed by atoms with E-state index in [0.29, 0.717) is 24.4 Å². The zero-order chi connectivity index (χ0) is 15.2. The third-order valence-electron chi connectivity index (χ3n) is 4.11. The molecule has 0 aromatic heterocycles. The van der Waals surface area contributed by atoms with Crippen molar-refractivity contribution in [1.29, 1.82) is 0 Å². The first kappa shape index (κ1) is 16.2. The maximum Gasteiger partial charge on any atom is 0.123 e. The number of aliphatic hydroxyl groups is 1. The number of nitrogens with one attached hydrogen (secondary N) is 1. The Morgan fingerprint density at radius 1 is 1.43 bits per heavy atom. The Kier molecular flexibility index (Phi) is 5.96. The molecule has 1 heterocycles. The number of ether oxygens (including phenoxy) is 1. The zero-order valence-electron chi connectivity index (χ0n) is 12.8. The highest BCUT2D eigenvalue weighted by atomic mass is 19.1. The summed E-state index contributed by atoms with van der Waals surface area (Å²) in [4.78, 5) is 2.35. The lowest BCUT2D eigenvalue weighted by atomic mass is 9.99. The Labute approximate surface area is 125 Å². The van der Waals surface area contributed by atoms with E-state index in [4.69, 9.17) is 4.74 Å². The maximum atomic E-state index is 12.8. The molecule has 1 fully saturated rings. The predicted molar refractivity (Wildman–Crippen MR) is 81.0 cm³/mol. The fourth-order valence-corrected chi connectivity index (χ4v) is 2.56. The molecule has 5 heteroatoms. The van der Waals surface area contributed by atoms with Gasteiger partial charge in [0.05, 0.1) is 0 Å². The number of hydrogen-bond donors (Lipinski definition) is 2. The van der Waals surface area contributed by atoms with Crippen molar-refractivity contribution in [3.63, 3.8) is 0 Å². The molecule has 1 aromatic carbocycles. The summed E-state index contributed by atoms with van der Waals surface area (Å²) in [6.45, 7) is 4.03. The van der Waals surface area contributed by atoms with Gasteiger partial charge in [-0.1, -0.05) is 0 Å². The van der Waals surface area contributed by atoms with Crippen LogP contribution in [0.1, 0.15) is 19.8 Å². The van der Waals surface area contributed by atoms with E-state index < -0.39 is 6.10 Å². The quantitative estimate of drug-likeness (QED) is 0.837. The van der Waals surface area contributed by atoms with Gasteiger partial charge in [-0.05, 0) is 57.6 Å². The summed E-state index contributed by atoms with van der Waals surface area (Å²) in [5.74, 6) is 0.282. The third kappa shape index (κ3) is 5.26. The van der Waals surface area contributed by atoms with Gasteiger partial charge in [0, 0.05) is 18.6 Å². The number of piperidine rings is 1. The fourth-order valence-electron chi connectivity index (χ4n) is 2.56. The molecule has 118 valence electrons. The predicted octanol–water partition coefficient (Wildman–Crippen LogP) is 1.64. The summed E-state index contributed by atoms with van der Waals surface area (Å²) < 4.78 is 18.2. The minimum atomic E-state index is -0.565. The van der Waals surface area contributed by atoms with Crippen LogP contribution in [-0.2, 0) is 0 Å². The average Bonchev–Trinajstić information content (AvgIpc) is 2.48. The number of nitrogens with zero attached hydrogens (tertiary/aromatic N) is 1. The highest BCUT2D eigenvalue weighted by molar-refractivity contribution is 5.22. The Morgan fingerprint density at radius 2 is 2.14 bits per heavy atom. The van der Waals surface area contributed by atoms with Crippen LogP contribution in [0, 0.1) is 5.82 Å². The van der Waals surface area contributed by atoms with Crippen LogP contribution < -0.4 is 10.1 Å². The van der Waals surface area contributed by atoms with E-state index in [9.17, 15) is 9.50 Å². The van der Waals surface area contributed by atoms with Crippen LogP contribution in [0.5, 0.6) is 5.75 Å². The molecule has 2 N–H and O–H groups in total. The smallest absolute Gasteiger partial charge is 0.123 e. The van der Waals surface area contributed by atoms with E-state index in [2.05, 4.69) is 24.2 Å². The summed E-state index contributed by atoms with van der Waals surface area (Å²) in [5, 5.41) is 13.3. The molecule has 0 spiro atoms. The Balaban J connectivity index is 1.65. The van der Waals surface area contributed by atoms with E-state index in [1.807, 2.05) is 0 Å². The summed E-state index contributed by atoms with van der Waals surface area (Å²) in [5.41, 5.74) is 0. The SMILES string of the molecule is CC1CC(NCC(O)COc2ccc(F)cc2)CCN1C. The molecule has 21 heavy (non-hydrogen) atoms. The molecule has 0 bridgehead atoms. The molecule has 3 unspecified atom stereocenters. The maximum absolute atomic E-state index is 12.8. The largest absolute Gasteiger partial charge is 0.491 e. The Morgan fingerprint density at radius 3 is 2.81 bits per heavy atom. The third-order valence-corrected chi connectivity index (χ3v) is 4.11. The molecule has 1 saturated heterocycles. The monoisotopic (exact) mass is 296 g/mol. The van der Waals surface area contributed by atoms with Gasteiger partial charge in [0.25, 0.3) is 0 Å². The first-order valence-corrected chi connectivity index (χ1v) is 7.54. The second-order valence-electron chi connectivity index (χ2n) is 5.88. The number of benzene rings is 1. The van der Waals surface area contributed by atoms with E-state index in [1.165, 1.54) is 12.1 Å². The van der Waals surface area contributed by atoms with Crippen LogP contribution in [0.2, 0.25) is 0 Å². The molecule has 0 aliphatic carbocycles. The van der Waals surface area contributed by atoms with Crippen molar-refractivity contribution in [2.45, 2.75) is 38.0 Å². The summed E-state index contributed by atoms with van der Waals surface area (Å²) >= 11 is 0. The normalized spacial score (nSPS) is 24.8. The number of rotatable bonds is 6. The van der Waals surface area contributed by atoms with Crippen LogP contribution >= 0.6 is 0 Å². The van der Waals surface area contributed by atoms with Gasteiger partial charge in [0.2, 0.25) is 0 Å². The molecule has 1 aliphatic heterocycles. The van der Waals surface area contributed by atoms with Gasteiger partial charge in [0.1, 0.15) is 24.3 Å². The molecular weight excluding hydrogens is 271 g/mol. The summed E-state index contributed by atoms with van der Waals surface area (Å²) in [7, 11) is 2.15. The van der Waals surface area contributed by atoms with Crippen LogP contribution in [0.25, 0.3) is 0 Å². The van der Waals surface area contributed by atoms with Crippen LogP contribution in [0.15, 0.2) is 24.3 Å². The molecule has 2 rings (SSSR count). The van der Waals surface area contributed by atoms with Gasteiger partial charge in [-0.3, -0.25) is 0 Å². The van der Waals surface area contributed by atoms with Gasteiger partial charge >= 0.3 is 0 Å². The van der Waals surface area contributed by atoms with Gasteiger partial charge in [-0.15, -0.1) is 0 Å². The van der Waals surface area contributed by atoms with Gasteiger partial charge < -0.3 is 20.1 Å². The molecule has 1 aliphatic rings. The Hall–Kier alpha value is -1.17. The number of halogens is 1. The van der Waals surface area contributed by atoms with Crippen LogP contribution in [-0.4, -0.2) is 54.9 Å². The van der Waals surface area contributed by atoms with Crippen LogP contribution in [0.3, 0.4) is 0 Å². The van der Waals surface area contributed by atoms with Crippen molar-refractivity contribution in [2.24, 2.45) is 0 Å². The molecule has 3 atom stereocenters. The van der Waals surface area contributed by atoms with Gasteiger partial charge in [-0.25, -0.2) is 4.39 Å². The standard InChI is InChI=1S/C16H25FN2O2/c1-12-9-14(7-8-19(12)2)18-10-15(20)11-21-16-5-3-13(17)4-6-16/h3-6,12,14-15,18,20H,7-11H2,1-2H3. The topological polar surface area (TPSA) is 44.7 Å². The lowest BCUT2D eigenvalue weighted by Gasteiger charge is -2.35. The molecule has 4 nitrogen and oxygen atoms in total. The lowest BCUT2D eigenvalue weighted by molar-refractivity contribution is 0.0953. The fraction of sp³-hybridized carbons (Fsp3) is 0.625. The number of aliphatic hydroxyl groups excluding tert-OH is 1. The number of likely N-dealkylation sites (tertiary alicyclic amines) is 1. The van der Waals surface area contributed by atoms with Gasteiger partial charge in [0.15, 0.2) is 0 Å². The minimum absolute atomic E-state index is 0.209. The minimum Gasteiger partial charge on any atom is -0.491 e. The van der Waals surface area contributed by atoms with Crippen molar-refractivity contribution in [3.8, 4) is 5.75 Å².